The van der Waals surface area contributed by atoms with Gasteiger partial charge in [0.15, 0.2) is 23.0 Å². The second-order valence-corrected chi connectivity index (χ2v) is 16.0. The summed E-state index contributed by atoms with van der Waals surface area (Å²) in [4.78, 5) is 53.1. The van der Waals surface area contributed by atoms with Gasteiger partial charge in [-0.3, -0.25) is 34.2 Å². The highest BCUT2D eigenvalue weighted by Gasteiger charge is 2.38. The Morgan fingerprint density at radius 3 is 1.88 bits per heavy atom. The third-order valence-electron chi connectivity index (χ3n) is 10.3. The molecule has 4 aromatic carbocycles. The average Bonchev–Trinajstić information content (AvgIpc) is 3.67. The van der Waals surface area contributed by atoms with E-state index >= 15 is 0 Å². The molecule has 4 heterocycles. The Morgan fingerprint density at radius 2 is 1.30 bits per heavy atom. The van der Waals surface area contributed by atoms with E-state index in [2.05, 4.69) is 17.6 Å². The summed E-state index contributed by atoms with van der Waals surface area (Å²) in [5, 5.41) is 0. The molecule has 8 rings (SSSR count). The number of nitrogens with zero attached hydrogens (tertiary/aromatic N) is 4. The van der Waals surface area contributed by atoms with E-state index in [-0.39, 0.29) is 47.6 Å². The quantitative estimate of drug-likeness (QED) is 0.0678. The van der Waals surface area contributed by atoms with Gasteiger partial charge in [0.1, 0.15) is 5.75 Å². The van der Waals surface area contributed by atoms with Crippen molar-refractivity contribution in [2.24, 2.45) is 9.98 Å². The van der Waals surface area contributed by atoms with Crippen LogP contribution in [-0.4, -0.2) is 74.5 Å². The molecule has 56 heavy (non-hydrogen) atoms. The summed E-state index contributed by atoms with van der Waals surface area (Å²) in [5.41, 5.74) is 5.49. The van der Waals surface area contributed by atoms with Crippen LogP contribution < -0.4 is 33.5 Å². The highest BCUT2D eigenvalue weighted by atomic mass is 32.1. The summed E-state index contributed by atoms with van der Waals surface area (Å²) in [6.45, 7) is 4.49. The first kappa shape index (κ1) is 37.1. The zero-order valence-electron chi connectivity index (χ0n) is 31.6. The number of benzene rings is 4. The summed E-state index contributed by atoms with van der Waals surface area (Å²) in [5.74, 6) is 1.53. The molecule has 0 fully saturated rings. The monoisotopic (exact) mass is 774 g/mol. The number of hydrogen-bond donors (Lipinski definition) is 1. The summed E-state index contributed by atoms with van der Waals surface area (Å²) in [7, 11) is 3.07. The molecule has 13 heteroatoms. The van der Waals surface area contributed by atoms with Crippen molar-refractivity contribution >= 4 is 65.6 Å². The zero-order valence-corrected chi connectivity index (χ0v) is 32.5. The van der Waals surface area contributed by atoms with Crippen LogP contribution in [0.3, 0.4) is 0 Å². The van der Waals surface area contributed by atoms with Gasteiger partial charge in [-0.1, -0.05) is 32.0 Å². The van der Waals surface area contributed by atoms with Crippen LogP contribution in [-0.2, 0) is 17.6 Å². The van der Waals surface area contributed by atoms with Crippen LogP contribution >= 0.6 is 12.6 Å². The number of esters is 1. The highest BCUT2D eigenvalue weighted by molar-refractivity contribution is 7.81. The topological polar surface area (TPSA) is 129 Å². The second-order valence-electron chi connectivity index (χ2n) is 14.7. The molecule has 288 valence electrons. The molecule has 4 aliphatic heterocycles. The molecular formula is C43H42N4O8S. The normalized spacial score (nSPS) is 17.5. The third-order valence-corrected chi connectivity index (χ3v) is 10.5. The Labute approximate surface area is 330 Å². The first-order valence-corrected chi connectivity index (χ1v) is 19.0. The largest absolute Gasteiger partial charge is 0.493 e. The van der Waals surface area contributed by atoms with Crippen molar-refractivity contribution in [3.05, 3.63) is 89.0 Å². The Balaban J connectivity index is 0.907. The number of carbonyl (C=O) groups excluding carboxylic acids is 3. The molecular weight excluding hydrogens is 733 g/mol. The van der Waals surface area contributed by atoms with Crippen LogP contribution in [0.4, 0.5) is 22.7 Å². The molecule has 0 N–H and O–H groups in total. The van der Waals surface area contributed by atoms with Crippen molar-refractivity contribution in [3.63, 3.8) is 0 Å². The number of carbonyl (C=O) groups is 3. The van der Waals surface area contributed by atoms with Gasteiger partial charge in [0, 0.05) is 66.4 Å². The maximum atomic E-state index is 14.0. The average molecular weight is 775 g/mol. The van der Waals surface area contributed by atoms with E-state index in [1.807, 2.05) is 56.5 Å². The SMILES string of the molecule is COc1cc2c(cc1OCCCOc1cc3c(cc1OC)C(=O)N1c4ccc(OC(=O)CCC(C)(C)S)cc4C[C@H]1C=N3)N=C[C@@H]1Cc3ccccc3N1C2=O. The van der Waals surface area contributed by atoms with E-state index in [4.69, 9.17) is 28.7 Å². The Bertz CT molecular complexity index is 2300. The molecule has 12 nitrogen and oxygen atoms in total. The molecule has 0 aliphatic carbocycles. The smallest absolute Gasteiger partial charge is 0.311 e. The van der Waals surface area contributed by atoms with Gasteiger partial charge in [-0.2, -0.15) is 12.6 Å². The molecule has 4 aromatic rings. The summed E-state index contributed by atoms with van der Waals surface area (Å²) < 4.78 is 28.9. The van der Waals surface area contributed by atoms with Gasteiger partial charge in [0.25, 0.3) is 11.8 Å². The summed E-state index contributed by atoms with van der Waals surface area (Å²) in [6.07, 6.45) is 6.19. The molecule has 0 saturated heterocycles. The first-order chi connectivity index (χ1) is 27.0. The number of fused-ring (bicyclic) bond motifs is 8. The van der Waals surface area contributed by atoms with E-state index in [1.54, 1.807) is 53.5 Å². The molecule has 2 atom stereocenters. The van der Waals surface area contributed by atoms with Crippen molar-refractivity contribution in [1.29, 1.82) is 0 Å². The lowest BCUT2D eigenvalue weighted by molar-refractivity contribution is -0.134. The van der Waals surface area contributed by atoms with E-state index in [0.717, 1.165) is 22.5 Å². The third kappa shape index (κ3) is 7.18. The van der Waals surface area contributed by atoms with Crippen molar-refractivity contribution in [2.45, 2.75) is 62.8 Å². The predicted octanol–water partition coefficient (Wildman–Crippen LogP) is 7.52. The molecule has 4 aliphatic rings. The fourth-order valence-electron chi connectivity index (χ4n) is 7.50. The molecule has 0 unspecified atom stereocenters. The summed E-state index contributed by atoms with van der Waals surface area (Å²) in [6, 6.07) is 19.6. The van der Waals surface area contributed by atoms with Gasteiger partial charge in [-0.05, 0) is 53.9 Å². The first-order valence-electron chi connectivity index (χ1n) is 18.6. The lowest BCUT2D eigenvalue weighted by atomic mass is 10.1. The van der Waals surface area contributed by atoms with Gasteiger partial charge in [-0.15, -0.1) is 0 Å². The Morgan fingerprint density at radius 1 is 0.750 bits per heavy atom. The number of thiol groups is 1. The van der Waals surface area contributed by atoms with Gasteiger partial charge >= 0.3 is 5.97 Å². The summed E-state index contributed by atoms with van der Waals surface area (Å²) >= 11 is 4.49. The molecule has 0 bridgehead atoms. The van der Waals surface area contributed by atoms with Crippen molar-refractivity contribution in [1.82, 2.24) is 0 Å². The van der Waals surface area contributed by atoms with E-state index < -0.39 is 0 Å². The van der Waals surface area contributed by atoms with Crippen molar-refractivity contribution < 1.29 is 38.1 Å². The van der Waals surface area contributed by atoms with Gasteiger partial charge < -0.3 is 23.7 Å². The van der Waals surface area contributed by atoms with Crippen LogP contribution in [0.5, 0.6) is 28.7 Å². The minimum Gasteiger partial charge on any atom is -0.493 e. The van der Waals surface area contributed by atoms with Crippen LogP contribution in [0.25, 0.3) is 0 Å². The minimum absolute atomic E-state index is 0.130. The Kier molecular flexibility index (Phi) is 9.96. The van der Waals surface area contributed by atoms with Crippen LogP contribution in [0, 0.1) is 0 Å². The van der Waals surface area contributed by atoms with Crippen LogP contribution in [0.15, 0.2) is 76.7 Å². The maximum absolute atomic E-state index is 14.0. The Hall–Kier alpha value is -5.82. The van der Waals surface area contributed by atoms with E-state index in [0.29, 0.717) is 83.5 Å². The van der Waals surface area contributed by atoms with Gasteiger partial charge in [0.05, 0.1) is 62.0 Å². The highest BCUT2D eigenvalue weighted by Crippen LogP contribution is 2.43. The van der Waals surface area contributed by atoms with Crippen molar-refractivity contribution in [2.75, 3.05) is 37.2 Å². The standard InChI is InChI=1S/C43H42N4O8S/c1-43(2,56)13-12-40(48)55-29-10-11-35-26(18-29)17-28-24-45-33-22-39(37(52-4)20-31(33)42(50)47(28)35)54-15-7-14-53-38-21-32-30(19-36(38)51-3)41(49)46-27(23-44-32)16-25-8-5-6-9-34(25)46/h5-6,8-11,18-24,27-28,56H,7,12-17H2,1-4H3/t27-,28-/m0/s1. The fourth-order valence-corrected chi connectivity index (χ4v) is 7.61. The molecule has 0 radical (unpaired) electrons. The maximum Gasteiger partial charge on any atom is 0.311 e. The molecule has 0 aromatic heterocycles. The van der Waals surface area contributed by atoms with Crippen LogP contribution in [0.2, 0.25) is 0 Å². The number of methoxy groups -OCH3 is 2. The van der Waals surface area contributed by atoms with E-state index in [9.17, 15) is 14.4 Å². The molecule has 2 amide bonds. The fraction of sp³-hybridized carbons (Fsp3) is 0.326. The number of anilines is 2. The lowest BCUT2D eigenvalue weighted by Crippen LogP contribution is -2.37. The van der Waals surface area contributed by atoms with Gasteiger partial charge in [0.2, 0.25) is 0 Å². The van der Waals surface area contributed by atoms with Crippen LogP contribution in [0.1, 0.15) is 65.0 Å². The number of rotatable bonds is 12. The zero-order chi connectivity index (χ0) is 39.1. The second kappa shape index (κ2) is 15.0. The number of para-hydroxylation sites is 1. The minimum atomic E-state index is -0.324. The number of amides is 2. The van der Waals surface area contributed by atoms with E-state index in [1.165, 1.54) is 7.11 Å². The molecule has 0 saturated carbocycles. The van der Waals surface area contributed by atoms with Gasteiger partial charge in [-0.25, -0.2) is 0 Å². The van der Waals surface area contributed by atoms with Crippen molar-refractivity contribution in [3.8, 4) is 28.7 Å². The number of ether oxygens (including phenoxy) is 5. The predicted molar refractivity (Wildman–Crippen MR) is 217 cm³/mol. The molecule has 0 spiro atoms. The number of hydrogen-bond acceptors (Lipinski definition) is 11. The lowest BCUT2D eigenvalue weighted by Gasteiger charge is -2.22. The number of aliphatic imine (C=N–C) groups is 2.